The van der Waals surface area contributed by atoms with E-state index in [9.17, 15) is 4.79 Å². The quantitative estimate of drug-likeness (QED) is 0.476. The van der Waals surface area contributed by atoms with Crippen LogP contribution < -0.4 is 0 Å². The van der Waals surface area contributed by atoms with E-state index in [-0.39, 0.29) is 0 Å². The summed E-state index contributed by atoms with van der Waals surface area (Å²) in [5.74, 6) is 0.368. The van der Waals surface area contributed by atoms with Crippen molar-refractivity contribution in [3.63, 3.8) is 0 Å². The summed E-state index contributed by atoms with van der Waals surface area (Å²) in [4.78, 5) is 16.9. The third kappa shape index (κ3) is 8.35. The summed E-state index contributed by atoms with van der Waals surface area (Å²) < 4.78 is 0. The first-order chi connectivity index (χ1) is 12.8. The summed E-state index contributed by atoms with van der Waals surface area (Å²) in [6, 6.07) is 10.6. The van der Waals surface area contributed by atoms with E-state index in [4.69, 9.17) is 0 Å². The van der Waals surface area contributed by atoms with E-state index in [2.05, 4.69) is 47.1 Å². The second kappa shape index (κ2) is 12.9. The predicted octanol–water partition coefficient (Wildman–Crippen LogP) is 5.25. The third-order valence-electron chi connectivity index (χ3n) is 5.47. The molecule has 1 amide bonds. The van der Waals surface area contributed by atoms with Gasteiger partial charge in [-0.15, -0.1) is 0 Å². The molecule has 0 bridgehead atoms. The Kier molecular flexibility index (Phi) is 10.4. The SMILES string of the molecule is CCCCCCCCCCCC(=O)N1CCN(Cc2ccccc2)CC1. The largest absolute Gasteiger partial charge is 0.340 e. The van der Waals surface area contributed by atoms with Gasteiger partial charge in [0.25, 0.3) is 0 Å². The first-order valence-corrected chi connectivity index (χ1v) is 10.8. The molecular formula is C23H38N2O. The van der Waals surface area contributed by atoms with Crippen LogP contribution in [0.25, 0.3) is 0 Å². The lowest BCUT2D eigenvalue weighted by molar-refractivity contribution is -0.133. The molecule has 0 radical (unpaired) electrons. The van der Waals surface area contributed by atoms with Crippen LogP contribution >= 0.6 is 0 Å². The van der Waals surface area contributed by atoms with Gasteiger partial charge in [-0.25, -0.2) is 0 Å². The third-order valence-corrected chi connectivity index (χ3v) is 5.47. The summed E-state index contributed by atoms with van der Waals surface area (Å²) >= 11 is 0. The number of hydrogen-bond acceptors (Lipinski definition) is 2. The Labute approximate surface area is 160 Å². The van der Waals surface area contributed by atoms with Crippen molar-refractivity contribution in [1.82, 2.24) is 9.80 Å². The van der Waals surface area contributed by atoms with Crippen LogP contribution in [0.5, 0.6) is 0 Å². The number of piperazine rings is 1. The average molecular weight is 359 g/mol. The molecule has 3 nitrogen and oxygen atoms in total. The summed E-state index contributed by atoms with van der Waals surface area (Å²) in [7, 11) is 0. The Bertz CT molecular complexity index is 480. The highest BCUT2D eigenvalue weighted by Crippen LogP contribution is 2.13. The molecule has 26 heavy (non-hydrogen) atoms. The number of nitrogens with zero attached hydrogens (tertiary/aromatic N) is 2. The molecular weight excluding hydrogens is 320 g/mol. The number of benzene rings is 1. The fraction of sp³-hybridized carbons (Fsp3) is 0.696. The van der Waals surface area contributed by atoms with E-state index in [0.717, 1.165) is 45.6 Å². The van der Waals surface area contributed by atoms with Gasteiger partial charge in [0.05, 0.1) is 0 Å². The molecule has 1 fully saturated rings. The molecule has 0 N–H and O–H groups in total. The van der Waals surface area contributed by atoms with Crippen molar-refractivity contribution >= 4 is 5.91 Å². The monoisotopic (exact) mass is 358 g/mol. The van der Waals surface area contributed by atoms with Crippen LogP contribution in [0, 0.1) is 0 Å². The Balaban J connectivity index is 1.49. The number of unbranched alkanes of at least 4 members (excludes halogenated alkanes) is 8. The van der Waals surface area contributed by atoms with E-state index in [1.807, 2.05) is 0 Å². The minimum Gasteiger partial charge on any atom is -0.340 e. The highest BCUT2D eigenvalue weighted by molar-refractivity contribution is 5.76. The van der Waals surface area contributed by atoms with Crippen LogP contribution in [0.1, 0.15) is 76.7 Å². The van der Waals surface area contributed by atoms with Crippen molar-refractivity contribution in [1.29, 1.82) is 0 Å². The van der Waals surface area contributed by atoms with E-state index >= 15 is 0 Å². The van der Waals surface area contributed by atoms with Gasteiger partial charge in [-0.3, -0.25) is 9.69 Å². The number of carbonyl (C=O) groups excluding carboxylic acids is 1. The zero-order chi connectivity index (χ0) is 18.5. The zero-order valence-electron chi connectivity index (χ0n) is 16.8. The predicted molar refractivity (Wildman–Crippen MR) is 110 cm³/mol. The van der Waals surface area contributed by atoms with Crippen LogP contribution in [0.4, 0.5) is 0 Å². The van der Waals surface area contributed by atoms with Gasteiger partial charge in [0.15, 0.2) is 0 Å². The van der Waals surface area contributed by atoms with E-state index in [0.29, 0.717) is 5.91 Å². The van der Waals surface area contributed by atoms with Gasteiger partial charge in [-0.2, -0.15) is 0 Å². The first kappa shape index (κ1) is 21.0. The molecule has 1 heterocycles. The second-order valence-electron chi connectivity index (χ2n) is 7.72. The number of rotatable bonds is 12. The molecule has 1 aliphatic rings. The molecule has 0 atom stereocenters. The maximum Gasteiger partial charge on any atom is 0.222 e. The van der Waals surface area contributed by atoms with Gasteiger partial charge in [0.2, 0.25) is 5.91 Å². The van der Waals surface area contributed by atoms with E-state index in [1.165, 1.54) is 56.9 Å². The van der Waals surface area contributed by atoms with Gasteiger partial charge < -0.3 is 4.90 Å². The van der Waals surface area contributed by atoms with Crippen molar-refractivity contribution in [3.8, 4) is 0 Å². The van der Waals surface area contributed by atoms with Crippen LogP contribution in [0.15, 0.2) is 30.3 Å². The lowest BCUT2D eigenvalue weighted by atomic mass is 10.1. The van der Waals surface area contributed by atoms with Gasteiger partial charge in [0, 0.05) is 39.1 Å². The molecule has 146 valence electrons. The molecule has 2 rings (SSSR count). The molecule has 1 aliphatic heterocycles. The number of hydrogen-bond donors (Lipinski definition) is 0. The maximum atomic E-state index is 12.4. The van der Waals surface area contributed by atoms with Gasteiger partial charge in [0.1, 0.15) is 0 Å². The van der Waals surface area contributed by atoms with Gasteiger partial charge in [-0.05, 0) is 12.0 Å². The Hall–Kier alpha value is -1.35. The summed E-state index contributed by atoms with van der Waals surface area (Å²) in [5, 5.41) is 0. The molecule has 1 aromatic carbocycles. The summed E-state index contributed by atoms with van der Waals surface area (Å²) in [5.41, 5.74) is 1.36. The Morgan fingerprint density at radius 1 is 0.808 bits per heavy atom. The Morgan fingerprint density at radius 3 is 2.00 bits per heavy atom. The van der Waals surface area contributed by atoms with Crippen molar-refractivity contribution in [3.05, 3.63) is 35.9 Å². The lowest BCUT2D eigenvalue weighted by Crippen LogP contribution is -2.48. The highest BCUT2D eigenvalue weighted by Gasteiger charge is 2.20. The normalized spacial score (nSPS) is 15.3. The second-order valence-corrected chi connectivity index (χ2v) is 7.72. The van der Waals surface area contributed by atoms with Crippen molar-refractivity contribution in [2.24, 2.45) is 0 Å². The van der Waals surface area contributed by atoms with Gasteiger partial charge in [-0.1, -0.05) is 88.6 Å². The van der Waals surface area contributed by atoms with Crippen LogP contribution in [-0.4, -0.2) is 41.9 Å². The van der Waals surface area contributed by atoms with Crippen LogP contribution in [0.3, 0.4) is 0 Å². The topological polar surface area (TPSA) is 23.6 Å². The molecule has 0 saturated carbocycles. The first-order valence-electron chi connectivity index (χ1n) is 10.8. The van der Waals surface area contributed by atoms with Crippen molar-refractivity contribution in [2.45, 2.75) is 77.7 Å². The van der Waals surface area contributed by atoms with Gasteiger partial charge >= 0.3 is 0 Å². The van der Waals surface area contributed by atoms with Crippen molar-refractivity contribution in [2.75, 3.05) is 26.2 Å². The maximum absolute atomic E-state index is 12.4. The molecule has 0 unspecified atom stereocenters. The molecule has 1 saturated heterocycles. The minimum absolute atomic E-state index is 0.368. The van der Waals surface area contributed by atoms with Crippen molar-refractivity contribution < 1.29 is 4.79 Å². The fourth-order valence-electron chi connectivity index (χ4n) is 3.74. The Morgan fingerprint density at radius 2 is 1.38 bits per heavy atom. The molecule has 1 aromatic rings. The van der Waals surface area contributed by atoms with Crippen LogP contribution in [0.2, 0.25) is 0 Å². The number of carbonyl (C=O) groups is 1. The van der Waals surface area contributed by atoms with Crippen LogP contribution in [-0.2, 0) is 11.3 Å². The summed E-state index contributed by atoms with van der Waals surface area (Å²) in [6.07, 6.45) is 12.5. The van der Waals surface area contributed by atoms with E-state index in [1.54, 1.807) is 0 Å². The molecule has 0 aromatic heterocycles. The standard InChI is InChI=1S/C23H38N2O/c1-2-3-4-5-6-7-8-9-13-16-23(26)25-19-17-24(18-20-25)21-22-14-11-10-12-15-22/h10-12,14-15H,2-9,13,16-21H2,1H3. The zero-order valence-corrected chi connectivity index (χ0v) is 16.8. The number of amides is 1. The lowest BCUT2D eigenvalue weighted by Gasteiger charge is -2.34. The van der Waals surface area contributed by atoms with E-state index < -0.39 is 0 Å². The fourth-order valence-corrected chi connectivity index (χ4v) is 3.74. The molecule has 0 aliphatic carbocycles. The summed E-state index contributed by atoms with van der Waals surface area (Å²) in [6.45, 7) is 7.05. The minimum atomic E-state index is 0.368. The smallest absolute Gasteiger partial charge is 0.222 e. The average Bonchev–Trinajstić information content (AvgIpc) is 2.68. The molecule has 3 heteroatoms. The highest BCUT2D eigenvalue weighted by atomic mass is 16.2. The molecule has 0 spiro atoms.